The number of rotatable bonds is 3. The second-order valence-corrected chi connectivity index (χ2v) is 3.73. The van der Waals surface area contributed by atoms with Crippen LogP contribution in [0.5, 0.6) is 0 Å². The third kappa shape index (κ3) is 2.33. The highest BCUT2D eigenvalue weighted by Gasteiger charge is 2.15. The average molecular weight is 222 g/mol. The van der Waals surface area contributed by atoms with Crippen molar-refractivity contribution in [2.45, 2.75) is 18.9 Å². The van der Waals surface area contributed by atoms with Crippen LogP contribution in [0.4, 0.5) is 8.78 Å². The SMILES string of the molecule is NC(Cc1ccc2cccnc2c1)C(F)F. The molecule has 0 bridgehead atoms. The van der Waals surface area contributed by atoms with Gasteiger partial charge in [-0.25, -0.2) is 8.78 Å². The van der Waals surface area contributed by atoms with Crippen LogP contribution in [0.3, 0.4) is 0 Å². The van der Waals surface area contributed by atoms with E-state index in [0.29, 0.717) is 0 Å². The first-order valence-electron chi connectivity index (χ1n) is 5.04. The number of nitrogens with zero attached hydrogens (tertiary/aromatic N) is 1. The number of fused-ring (bicyclic) bond motifs is 1. The molecular formula is C12H12F2N2. The van der Waals surface area contributed by atoms with E-state index < -0.39 is 12.5 Å². The predicted molar refractivity (Wildman–Crippen MR) is 59.4 cm³/mol. The zero-order valence-electron chi connectivity index (χ0n) is 8.61. The minimum absolute atomic E-state index is 0.171. The summed E-state index contributed by atoms with van der Waals surface area (Å²) in [4.78, 5) is 4.17. The molecule has 0 amide bonds. The lowest BCUT2D eigenvalue weighted by Gasteiger charge is -2.10. The highest BCUT2D eigenvalue weighted by Crippen LogP contribution is 2.15. The Hall–Kier alpha value is -1.55. The fourth-order valence-corrected chi connectivity index (χ4v) is 1.60. The number of aromatic nitrogens is 1. The molecule has 1 atom stereocenters. The third-order valence-electron chi connectivity index (χ3n) is 2.47. The first-order valence-corrected chi connectivity index (χ1v) is 5.04. The fraction of sp³-hybridized carbons (Fsp3) is 0.250. The van der Waals surface area contributed by atoms with Gasteiger partial charge in [0.1, 0.15) is 0 Å². The second-order valence-electron chi connectivity index (χ2n) is 3.73. The molecule has 2 nitrogen and oxygen atoms in total. The monoisotopic (exact) mass is 222 g/mol. The van der Waals surface area contributed by atoms with Crippen LogP contribution in [0, 0.1) is 0 Å². The Labute approximate surface area is 92.1 Å². The highest BCUT2D eigenvalue weighted by molar-refractivity contribution is 5.78. The Morgan fingerprint density at radius 2 is 2.06 bits per heavy atom. The molecule has 0 radical (unpaired) electrons. The maximum absolute atomic E-state index is 12.3. The molecule has 0 saturated carbocycles. The maximum atomic E-state index is 12.3. The molecule has 2 rings (SSSR count). The van der Waals surface area contributed by atoms with Crippen LogP contribution in [-0.2, 0) is 6.42 Å². The Morgan fingerprint density at radius 1 is 1.25 bits per heavy atom. The maximum Gasteiger partial charge on any atom is 0.253 e. The molecule has 1 heterocycles. The van der Waals surface area contributed by atoms with Crippen molar-refractivity contribution in [3.63, 3.8) is 0 Å². The van der Waals surface area contributed by atoms with Crippen molar-refractivity contribution in [1.82, 2.24) is 4.98 Å². The average Bonchev–Trinajstić information content (AvgIpc) is 2.28. The standard InChI is InChI=1S/C12H12F2N2/c13-12(14)10(15)6-8-3-4-9-2-1-5-16-11(9)7-8/h1-5,7,10,12H,6,15H2. The molecule has 1 unspecified atom stereocenters. The Balaban J connectivity index is 2.26. The summed E-state index contributed by atoms with van der Waals surface area (Å²) in [6.45, 7) is 0. The molecule has 0 aliphatic heterocycles. The summed E-state index contributed by atoms with van der Waals surface area (Å²) in [7, 11) is 0. The van der Waals surface area contributed by atoms with Crippen molar-refractivity contribution < 1.29 is 8.78 Å². The summed E-state index contributed by atoms with van der Waals surface area (Å²) in [5.41, 5.74) is 6.92. The number of alkyl halides is 2. The summed E-state index contributed by atoms with van der Waals surface area (Å²) in [6.07, 6.45) is -0.636. The zero-order chi connectivity index (χ0) is 11.5. The van der Waals surface area contributed by atoms with Crippen LogP contribution in [0.15, 0.2) is 36.5 Å². The largest absolute Gasteiger partial charge is 0.323 e. The van der Waals surface area contributed by atoms with Gasteiger partial charge in [-0.1, -0.05) is 18.2 Å². The molecule has 1 aromatic carbocycles. The van der Waals surface area contributed by atoms with E-state index in [1.807, 2.05) is 24.3 Å². The Morgan fingerprint density at radius 3 is 2.81 bits per heavy atom. The quantitative estimate of drug-likeness (QED) is 0.865. The minimum atomic E-state index is -2.49. The number of hydrogen-bond donors (Lipinski definition) is 1. The lowest BCUT2D eigenvalue weighted by molar-refractivity contribution is 0.116. The molecule has 2 N–H and O–H groups in total. The number of pyridine rings is 1. The predicted octanol–water partition coefficient (Wildman–Crippen LogP) is 2.37. The van der Waals surface area contributed by atoms with Gasteiger partial charge in [0.2, 0.25) is 0 Å². The summed E-state index contributed by atoms with van der Waals surface area (Å²) in [5, 5.41) is 0.997. The summed E-state index contributed by atoms with van der Waals surface area (Å²) in [6, 6.07) is 8.15. The molecule has 1 aromatic heterocycles. The van der Waals surface area contributed by atoms with Crippen molar-refractivity contribution in [2.24, 2.45) is 5.73 Å². The van der Waals surface area contributed by atoms with Crippen LogP contribution in [0.2, 0.25) is 0 Å². The normalized spacial score (nSPS) is 13.2. The lowest BCUT2D eigenvalue weighted by atomic mass is 10.0. The number of hydrogen-bond acceptors (Lipinski definition) is 2. The van der Waals surface area contributed by atoms with Gasteiger partial charge in [0.05, 0.1) is 11.6 Å². The van der Waals surface area contributed by atoms with Gasteiger partial charge in [-0.05, 0) is 24.1 Å². The lowest BCUT2D eigenvalue weighted by Crippen LogP contribution is -2.30. The van der Waals surface area contributed by atoms with Crippen molar-refractivity contribution in [3.8, 4) is 0 Å². The van der Waals surface area contributed by atoms with E-state index in [2.05, 4.69) is 4.98 Å². The van der Waals surface area contributed by atoms with E-state index in [4.69, 9.17) is 5.73 Å². The van der Waals surface area contributed by atoms with Gasteiger partial charge < -0.3 is 5.73 Å². The first kappa shape index (κ1) is 11.0. The Kier molecular flexibility index (Phi) is 3.10. The highest BCUT2D eigenvalue weighted by atomic mass is 19.3. The molecule has 0 spiro atoms. The van der Waals surface area contributed by atoms with Crippen molar-refractivity contribution in [2.75, 3.05) is 0 Å². The molecular weight excluding hydrogens is 210 g/mol. The van der Waals surface area contributed by atoms with Crippen LogP contribution in [0.25, 0.3) is 10.9 Å². The van der Waals surface area contributed by atoms with Crippen molar-refractivity contribution in [3.05, 3.63) is 42.1 Å². The molecule has 0 fully saturated rings. The van der Waals surface area contributed by atoms with Gasteiger partial charge in [0, 0.05) is 11.6 Å². The van der Waals surface area contributed by atoms with E-state index in [1.54, 1.807) is 12.3 Å². The van der Waals surface area contributed by atoms with Crippen LogP contribution in [-0.4, -0.2) is 17.5 Å². The van der Waals surface area contributed by atoms with Crippen molar-refractivity contribution in [1.29, 1.82) is 0 Å². The van der Waals surface area contributed by atoms with E-state index in [-0.39, 0.29) is 6.42 Å². The third-order valence-corrected chi connectivity index (χ3v) is 2.47. The smallest absolute Gasteiger partial charge is 0.253 e. The van der Waals surface area contributed by atoms with Crippen LogP contribution in [0.1, 0.15) is 5.56 Å². The molecule has 2 aromatic rings. The van der Waals surface area contributed by atoms with E-state index in [9.17, 15) is 8.78 Å². The zero-order valence-corrected chi connectivity index (χ0v) is 8.61. The van der Waals surface area contributed by atoms with Gasteiger partial charge in [-0.3, -0.25) is 4.98 Å². The molecule has 0 aliphatic carbocycles. The number of benzene rings is 1. The van der Waals surface area contributed by atoms with Gasteiger partial charge in [0.25, 0.3) is 6.43 Å². The summed E-state index contributed by atoms with van der Waals surface area (Å²) >= 11 is 0. The molecule has 0 saturated heterocycles. The van der Waals surface area contributed by atoms with E-state index >= 15 is 0 Å². The fourth-order valence-electron chi connectivity index (χ4n) is 1.60. The van der Waals surface area contributed by atoms with Crippen LogP contribution >= 0.6 is 0 Å². The van der Waals surface area contributed by atoms with Gasteiger partial charge >= 0.3 is 0 Å². The van der Waals surface area contributed by atoms with Gasteiger partial charge in [-0.15, -0.1) is 0 Å². The molecule has 0 aliphatic rings. The number of halogens is 2. The minimum Gasteiger partial charge on any atom is -0.323 e. The first-order chi connectivity index (χ1) is 7.66. The second kappa shape index (κ2) is 4.53. The molecule has 84 valence electrons. The Bertz CT molecular complexity index is 485. The van der Waals surface area contributed by atoms with Crippen LogP contribution < -0.4 is 5.73 Å². The topological polar surface area (TPSA) is 38.9 Å². The molecule has 16 heavy (non-hydrogen) atoms. The van der Waals surface area contributed by atoms with E-state index in [0.717, 1.165) is 16.5 Å². The number of nitrogens with two attached hydrogens (primary N) is 1. The summed E-state index contributed by atoms with van der Waals surface area (Å²) < 4.78 is 24.6. The molecule has 4 heteroatoms. The van der Waals surface area contributed by atoms with Gasteiger partial charge in [0.15, 0.2) is 0 Å². The van der Waals surface area contributed by atoms with Crippen molar-refractivity contribution >= 4 is 10.9 Å². The summed E-state index contributed by atoms with van der Waals surface area (Å²) in [5.74, 6) is 0. The van der Waals surface area contributed by atoms with E-state index in [1.165, 1.54) is 0 Å². The van der Waals surface area contributed by atoms with Gasteiger partial charge in [-0.2, -0.15) is 0 Å².